The first kappa shape index (κ1) is 16.6. The van der Waals surface area contributed by atoms with Crippen LogP contribution in [0.4, 0.5) is 0 Å². The lowest BCUT2D eigenvalue weighted by atomic mass is 9.98. The molecule has 0 bridgehead atoms. The second-order valence-electron chi connectivity index (χ2n) is 5.76. The Labute approximate surface area is 132 Å². The Bertz CT molecular complexity index is 566. The maximum Gasteiger partial charge on any atom is 0.0642 e. The number of ether oxygens (including phenoxy) is 1. The molecule has 1 atom stereocenters. The lowest BCUT2D eigenvalue weighted by Crippen LogP contribution is -2.46. The van der Waals surface area contributed by atoms with Gasteiger partial charge in [0.05, 0.1) is 6.61 Å². The van der Waals surface area contributed by atoms with Crippen LogP contribution in [0.1, 0.15) is 18.9 Å². The molecule has 0 fully saturated rings. The number of pyridine rings is 1. The molecule has 22 heavy (non-hydrogen) atoms. The molecular weight excluding hydrogens is 276 g/mol. The van der Waals surface area contributed by atoms with Gasteiger partial charge in [-0.3, -0.25) is 4.98 Å². The lowest BCUT2D eigenvalue weighted by Gasteiger charge is -2.29. The van der Waals surface area contributed by atoms with Gasteiger partial charge in [0, 0.05) is 38.2 Å². The van der Waals surface area contributed by atoms with Crippen LogP contribution in [0.5, 0.6) is 0 Å². The molecule has 4 nitrogen and oxygen atoms in total. The van der Waals surface area contributed by atoms with Crippen molar-refractivity contribution in [3.63, 3.8) is 0 Å². The van der Waals surface area contributed by atoms with Crippen molar-refractivity contribution in [1.29, 1.82) is 0 Å². The molecule has 0 saturated heterocycles. The van der Waals surface area contributed by atoms with Gasteiger partial charge in [-0.15, -0.1) is 0 Å². The van der Waals surface area contributed by atoms with Crippen molar-refractivity contribution < 1.29 is 9.84 Å². The van der Waals surface area contributed by atoms with Crippen molar-refractivity contribution in [3.05, 3.63) is 54.4 Å². The van der Waals surface area contributed by atoms with Crippen LogP contribution in [0, 0.1) is 0 Å². The van der Waals surface area contributed by atoms with E-state index in [1.807, 2.05) is 12.3 Å². The smallest absolute Gasteiger partial charge is 0.0642 e. The third kappa shape index (κ3) is 4.63. The third-order valence-corrected chi connectivity index (χ3v) is 3.77. The van der Waals surface area contributed by atoms with E-state index in [-0.39, 0.29) is 12.1 Å². The number of nitrogens with zero attached hydrogens (tertiary/aromatic N) is 1. The molecule has 0 radical (unpaired) electrons. The Balaban J connectivity index is 2.07. The minimum atomic E-state index is -0.228. The quantitative estimate of drug-likeness (QED) is 0.787. The summed E-state index contributed by atoms with van der Waals surface area (Å²) in [7, 11) is 1.68. The van der Waals surface area contributed by atoms with E-state index in [4.69, 9.17) is 4.74 Å². The predicted octanol–water partition coefficient (Wildman–Crippen LogP) is 2.63. The zero-order chi connectivity index (χ0) is 15.8. The van der Waals surface area contributed by atoms with Crippen molar-refractivity contribution >= 4 is 0 Å². The highest BCUT2D eigenvalue weighted by molar-refractivity contribution is 5.62. The Morgan fingerprint density at radius 3 is 2.73 bits per heavy atom. The summed E-state index contributed by atoms with van der Waals surface area (Å²) in [5.41, 5.74) is 3.23. The van der Waals surface area contributed by atoms with Gasteiger partial charge >= 0.3 is 0 Å². The zero-order valence-corrected chi connectivity index (χ0v) is 13.2. The predicted molar refractivity (Wildman–Crippen MR) is 88.5 cm³/mol. The number of hydrogen-bond donors (Lipinski definition) is 2. The van der Waals surface area contributed by atoms with Gasteiger partial charge in [0.25, 0.3) is 0 Å². The van der Waals surface area contributed by atoms with E-state index in [1.165, 1.54) is 5.56 Å². The monoisotopic (exact) mass is 300 g/mol. The van der Waals surface area contributed by atoms with Gasteiger partial charge in [0.15, 0.2) is 0 Å². The highest BCUT2D eigenvalue weighted by Gasteiger charge is 2.22. The summed E-state index contributed by atoms with van der Waals surface area (Å²) in [5.74, 6) is 0. The second kappa shape index (κ2) is 8.03. The molecule has 118 valence electrons. The van der Waals surface area contributed by atoms with Crippen molar-refractivity contribution in [1.82, 2.24) is 10.3 Å². The Morgan fingerprint density at radius 2 is 2.05 bits per heavy atom. The Hall–Kier alpha value is -1.75. The van der Waals surface area contributed by atoms with Crippen molar-refractivity contribution in [3.8, 4) is 11.1 Å². The molecule has 0 amide bonds. The lowest BCUT2D eigenvalue weighted by molar-refractivity contribution is 0.0970. The number of benzene rings is 1. The molecule has 0 aliphatic carbocycles. The summed E-state index contributed by atoms with van der Waals surface area (Å²) in [5, 5.41) is 12.7. The van der Waals surface area contributed by atoms with Gasteiger partial charge < -0.3 is 15.2 Å². The van der Waals surface area contributed by atoms with Crippen LogP contribution in [-0.4, -0.2) is 36.0 Å². The van der Waals surface area contributed by atoms with E-state index in [1.54, 1.807) is 13.3 Å². The van der Waals surface area contributed by atoms with E-state index in [2.05, 4.69) is 47.6 Å². The summed E-state index contributed by atoms with van der Waals surface area (Å²) in [6.45, 7) is 3.50. The topological polar surface area (TPSA) is 54.4 Å². The SMILES string of the molecule is COCC(C)(CCO)NCc1cccc(-c2cccnc2)c1. The largest absolute Gasteiger partial charge is 0.396 e. The van der Waals surface area contributed by atoms with Crippen LogP contribution < -0.4 is 5.32 Å². The van der Waals surface area contributed by atoms with Gasteiger partial charge in [0.2, 0.25) is 0 Å². The summed E-state index contributed by atoms with van der Waals surface area (Å²) in [4.78, 5) is 4.16. The molecule has 4 heteroatoms. The van der Waals surface area contributed by atoms with Crippen LogP contribution >= 0.6 is 0 Å². The first-order valence-electron chi connectivity index (χ1n) is 7.51. The number of aliphatic hydroxyl groups excluding tert-OH is 1. The molecule has 1 unspecified atom stereocenters. The average molecular weight is 300 g/mol. The van der Waals surface area contributed by atoms with E-state index in [9.17, 15) is 5.11 Å². The van der Waals surface area contributed by atoms with Crippen LogP contribution in [-0.2, 0) is 11.3 Å². The number of aliphatic hydroxyl groups is 1. The van der Waals surface area contributed by atoms with E-state index >= 15 is 0 Å². The Kier molecular flexibility index (Phi) is 6.07. The van der Waals surface area contributed by atoms with Crippen molar-refractivity contribution in [2.75, 3.05) is 20.3 Å². The maximum atomic E-state index is 9.22. The zero-order valence-electron chi connectivity index (χ0n) is 13.2. The fourth-order valence-electron chi connectivity index (χ4n) is 2.49. The van der Waals surface area contributed by atoms with Crippen molar-refractivity contribution in [2.24, 2.45) is 0 Å². The van der Waals surface area contributed by atoms with E-state index in [0.717, 1.165) is 17.7 Å². The van der Waals surface area contributed by atoms with Gasteiger partial charge in [-0.1, -0.05) is 24.3 Å². The first-order valence-corrected chi connectivity index (χ1v) is 7.51. The standard InChI is InChI=1S/C18H24N2O2/c1-18(8-10-21,14-22-2)20-12-15-5-3-6-16(11-15)17-7-4-9-19-13-17/h3-7,9,11,13,20-21H,8,10,12,14H2,1-2H3. The molecule has 2 rings (SSSR count). The van der Waals surface area contributed by atoms with Crippen LogP contribution in [0.3, 0.4) is 0 Å². The summed E-state index contributed by atoms with van der Waals surface area (Å²) in [6, 6.07) is 12.4. The molecule has 0 aliphatic rings. The minimum absolute atomic E-state index is 0.141. The molecule has 1 heterocycles. The fourth-order valence-corrected chi connectivity index (χ4v) is 2.49. The van der Waals surface area contributed by atoms with Gasteiger partial charge in [-0.05, 0) is 42.2 Å². The number of aromatic nitrogens is 1. The van der Waals surface area contributed by atoms with Gasteiger partial charge in [0.1, 0.15) is 0 Å². The number of methoxy groups -OCH3 is 1. The highest BCUT2D eigenvalue weighted by atomic mass is 16.5. The molecular formula is C18H24N2O2. The third-order valence-electron chi connectivity index (χ3n) is 3.77. The molecule has 1 aromatic carbocycles. The van der Waals surface area contributed by atoms with Crippen molar-refractivity contribution in [2.45, 2.75) is 25.4 Å². The summed E-state index contributed by atoms with van der Waals surface area (Å²) >= 11 is 0. The highest BCUT2D eigenvalue weighted by Crippen LogP contribution is 2.20. The van der Waals surface area contributed by atoms with Gasteiger partial charge in [-0.2, -0.15) is 0 Å². The van der Waals surface area contributed by atoms with Crippen LogP contribution in [0.25, 0.3) is 11.1 Å². The molecule has 0 aliphatic heterocycles. The van der Waals surface area contributed by atoms with E-state index in [0.29, 0.717) is 13.0 Å². The number of rotatable bonds is 8. The Morgan fingerprint density at radius 1 is 1.23 bits per heavy atom. The summed E-state index contributed by atoms with van der Waals surface area (Å²) < 4.78 is 5.26. The van der Waals surface area contributed by atoms with Crippen LogP contribution in [0.2, 0.25) is 0 Å². The minimum Gasteiger partial charge on any atom is -0.396 e. The second-order valence-corrected chi connectivity index (χ2v) is 5.76. The molecule has 2 N–H and O–H groups in total. The normalized spacial score (nSPS) is 13.8. The molecule has 1 aromatic heterocycles. The van der Waals surface area contributed by atoms with Crippen LogP contribution in [0.15, 0.2) is 48.8 Å². The molecule has 2 aromatic rings. The molecule has 0 spiro atoms. The van der Waals surface area contributed by atoms with E-state index < -0.39 is 0 Å². The molecule has 0 saturated carbocycles. The number of hydrogen-bond acceptors (Lipinski definition) is 4. The maximum absolute atomic E-state index is 9.22. The first-order chi connectivity index (χ1) is 10.7. The number of nitrogens with one attached hydrogen (secondary N) is 1. The fraction of sp³-hybridized carbons (Fsp3) is 0.389. The average Bonchev–Trinajstić information content (AvgIpc) is 2.55. The van der Waals surface area contributed by atoms with Gasteiger partial charge in [-0.25, -0.2) is 0 Å². The summed E-state index contributed by atoms with van der Waals surface area (Å²) in [6.07, 6.45) is 4.30.